The lowest BCUT2D eigenvalue weighted by molar-refractivity contribution is -0.107. The van der Waals surface area contributed by atoms with Gasteiger partial charge in [0.1, 0.15) is 18.3 Å². The van der Waals surface area contributed by atoms with Crippen LogP contribution in [0, 0.1) is 0 Å². The Morgan fingerprint density at radius 1 is 1.10 bits per heavy atom. The lowest BCUT2D eigenvalue weighted by Gasteiger charge is -2.13. The zero-order valence-corrected chi connectivity index (χ0v) is 16.7. The van der Waals surface area contributed by atoms with Gasteiger partial charge in [0.25, 0.3) is 5.56 Å². The van der Waals surface area contributed by atoms with Crippen LogP contribution < -0.4 is 5.56 Å². The molecule has 0 spiro atoms. The number of sulfonamides is 1. The van der Waals surface area contributed by atoms with Crippen LogP contribution in [0.3, 0.4) is 0 Å². The molecule has 29 heavy (non-hydrogen) atoms. The fourth-order valence-electron chi connectivity index (χ4n) is 2.66. The quantitative estimate of drug-likeness (QED) is 0.532. The Labute approximate surface area is 167 Å². The van der Waals surface area contributed by atoms with E-state index in [0.717, 1.165) is 10.6 Å². The van der Waals surface area contributed by atoms with Gasteiger partial charge >= 0.3 is 0 Å². The van der Waals surface area contributed by atoms with E-state index in [0.29, 0.717) is 23.4 Å². The second-order valence-electron chi connectivity index (χ2n) is 6.37. The van der Waals surface area contributed by atoms with Crippen LogP contribution in [0.4, 0.5) is 0 Å². The molecule has 9 nitrogen and oxygen atoms in total. The summed E-state index contributed by atoms with van der Waals surface area (Å²) in [6.07, 6.45) is 7.27. The van der Waals surface area contributed by atoms with E-state index in [1.54, 1.807) is 18.3 Å². The minimum absolute atomic E-state index is 0.117. The summed E-state index contributed by atoms with van der Waals surface area (Å²) < 4.78 is 27.0. The first-order valence-corrected chi connectivity index (χ1v) is 10.1. The van der Waals surface area contributed by atoms with Crippen molar-refractivity contribution in [1.29, 1.82) is 0 Å². The van der Waals surface area contributed by atoms with Crippen LogP contribution in [0.1, 0.15) is 12.1 Å². The summed E-state index contributed by atoms with van der Waals surface area (Å²) in [7, 11) is -0.682. The molecular formula is C19H19N5O4S. The maximum absolute atomic E-state index is 13.0. The molecule has 0 aliphatic rings. The summed E-state index contributed by atoms with van der Waals surface area (Å²) in [5.74, 6) is 0. The second kappa shape index (κ2) is 8.41. The molecule has 0 N–H and O–H groups in total. The number of aryl methyl sites for hydroxylation is 1. The van der Waals surface area contributed by atoms with Crippen molar-refractivity contribution in [2.75, 3.05) is 14.1 Å². The molecule has 0 bridgehead atoms. The number of benzene rings is 1. The number of aldehydes is 1. The van der Waals surface area contributed by atoms with Crippen LogP contribution in [0.25, 0.3) is 16.9 Å². The molecule has 3 rings (SSSR count). The molecule has 0 saturated heterocycles. The van der Waals surface area contributed by atoms with Gasteiger partial charge in [-0.3, -0.25) is 9.36 Å². The Hall–Kier alpha value is -3.24. The number of carbonyl (C=O) groups excluding carboxylic acids is 1. The van der Waals surface area contributed by atoms with Gasteiger partial charge < -0.3 is 4.79 Å². The normalized spacial score (nSPS) is 11.6. The van der Waals surface area contributed by atoms with Crippen LogP contribution in [0.15, 0.2) is 58.9 Å². The monoisotopic (exact) mass is 413 g/mol. The zero-order valence-electron chi connectivity index (χ0n) is 15.9. The standard InChI is InChI=1S/C19H19N5O4S/c1-23(2)29(27,28)17-7-5-16(6-8-17)24-12-15(4-3-9-25)22-18(19(24)26)14-10-20-13-21-11-14/h5-13H,3-4H2,1-2H3. The molecule has 0 aliphatic carbocycles. The van der Waals surface area contributed by atoms with Crippen molar-refractivity contribution in [2.24, 2.45) is 0 Å². The molecule has 150 valence electrons. The minimum Gasteiger partial charge on any atom is -0.303 e. The van der Waals surface area contributed by atoms with E-state index in [1.165, 1.54) is 49.5 Å². The largest absolute Gasteiger partial charge is 0.303 e. The van der Waals surface area contributed by atoms with Crippen molar-refractivity contribution in [3.8, 4) is 16.9 Å². The van der Waals surface area contributed by atoms with Crippen molar-refractivity contribution in [3.05, 3.63) is 65.2 Å². The smallest absolute Gasteiger partial charge is 0.281 e. The van der Waals surface area contributed by atoms with Crippen LogP contribution in [-0.2, 0) is 21.2 Å². The Bertz CT molecular complexity index is 1170. The maximum Gasteiger partial charge on any atom is 0.281 e. The van der Waals surface area contributed by atoms with Gasteiger partial charge in [-0.25, -0.2) is 27.7 Å². The highest BCUT2D eigenvalue weighted by molar-refractivity contribution is 7.89. The van der Waals surface area contributed by atoms with E-state index in [-0.39, 0.29) is 17.0 Å². The number of hydrogen-bond donors (Lipinski definition) is 0. The first kappa shape index (κ1) is 20.5. The van der Waals surface area contributed by atoms with E-state index in [1.807, 2.05) is 0 Å². The van der Waals surface area contributed by atoms with E-state index >= 15 is 0 Å². The van der Waals surface area contributed by atoms with E-state index < -0.39 is 15.6 Å². The third-order valence-electron chi connectivity index (χ3n) is 4.20. The number of rotatable bonds is 7. The molecule has 0 radical (unpaired) electrons. The molecule has 2 heterocycles. The molecule has 0 unspecified atom stereocenters. The molecule has 0 aliphatic heterocycles. The molecule has 3 aromatic rings. The summed E-state index contributed by atoms with van der Waals surface area (Å²) in [5, 5.41) is 0. The SMILES string of the molecule is CN(C)S(=O)(=O)c1ccc(-n2cc(CCC=O)nc(-c3cncnc3)c2=O)cc1. The number of nitrogens with zero attached hydrogens (tertiary/aromatic N) is 5. The summed E-state index contributed by atoms with van der Waals surface area (Å²) in [6.45, 7) is 0. The summed E-state index contributed by atoms with van der Waals surface area (Å²) in [4.78, 5) is 36.1. The Kier molecular flexibility index (Phi) is 5.95. The average molecular weight is 413 g/mol. The highest BCUT2D eigenvalue weighted by atomic mass is 32.2. The van der Waals surface area contributed by atoms with Gasteiger partial charge in [0, 0.05) is 50.4 Å². The lowest BCUT2D eigenvalue weighted by atomic mass is 10.2. The molecule has 0 fully saturated rings. The topological polar surface area (TPSA) is 115 Å². The van der Waals surface area contributed by atoms with E-state index in [2.05, 4.69) is 15.0 Å². The third kappa shape index (κ3) is 4.28. The Morgan fingerprint density at radius 2 is 1.76 bits per heavy atom. The fourth-order valence-corrected chi connectivity index (χ4v) is 3.56. The Balaban J connectivity index is 2.13. The van der Waals surface area contributed by atoms with Crippen molar-refractivity contribution in [1.82, 2.24) is 23.8 Å². The first-order valence-electron chi connectivity index (χ1n) is 8.69. The van der Waals surface area contributed by atoms with Crippen molar-refractivity contribution in [3.63, 3.8) is 0 Å². The average Bonchev–Trinajstić information content (AvgIpc) is 2.73. The van der Waals surface area contributed by atoms with Crippen molar-refractivity contribution >= 4 is 16.3 Å². The van der Waals surface area contributed by atoms with Crippen molar-refractivity contribution in [2.45, 2.75) is 17.7 Å². The summed E-state index contributed by atoms with van der Waals surface area (Å²) in [6, 6.07) is 5.97. The number of aromatic nitrogens is 4. The predicted molar refractivity (Wildman–Crippen MR) is 106 cm³/mol. The zero-order chi connectivity index (χ0) is 21.0. The van der Waals surface area contributed by atoms with Crippen LogP contribution >= 0.6 is 0 Å². The Morgan fingerprint density at radius 3 is 2.34 bits per heavy atom. The first-order chi connectivity index (χ1) is 13.8. The third-order valence-corrected chi connectivity index (χ3v) is 6.03. The van der Waals surface area contributed by atoms with Crippen molar-refractivity contribution < 1.29 is 13.2 Å². The van der Waals surface area contributed by atoms with Crippen LogP contribution in [0.2, 0.25) is 0 Å². The second-order valence-corrected chi connectivity index (χ2v) is 8.52. The summed E-state index contributed by atoms with van der Waals surface area (Å²) in [5.41, 5.74) is 1.21. The van der Waals surface area contributed by atoms with Gasteiger partial charge in [0.2, 0.25) is 10.0 Å². The number of carbonyl (C=O) groups is 1. The highest BCUT2D eigenvalue weighted by Crippen LogP contribution is 2.18. The predicted octanol–water partition coefficient (Wildman–Crippen LogP) is 1.07. The number of hydrogen-bond acceptors (Lipinski definition) is 7. The molecule has 0 atom stereocenters. The molecular weight excluding hydrogens is 394 g/mol. The van der Waals surface area contributed by atoms with Gasteiger partial charge in [-0.1, -0.05) is 0 Å². The van der Waals surface area contributed by atoms with Gasteiger partial charge in [0.15, 0.2) is 0 Å². The van der Waals surface area contributed by atoms with E-state index in [4.69, 9.17) is 0 Å². The van der Waals surface area contributed by atoms with Gasteiger partial charge in [-0.05, 0) is 30.7 Å². The highest BCUT2D eigenvalue weighted by Gasteiger charge is 2.18. The van der Waals surface area contributed by atoms with Crippen LogP contribution in [-0.4, -0.2) is 52.6 Å². The lowest BCUT2D eigenvalue weighted by Crippen LogP contribution is -2.24. The fraction of sp³-hybridized carbons (Fsp3) is 0.211. The van der Waals surface area contributed by atoms with Gasteiger partial charge in [-0.2, -0.15) is 0 Å². The molecule has 0 saturated carbocycles. The molecule has 10 heteroatoms. The maximum atomic E-state index is 13.0. The minimum atomic E-state index is -3.58. The molecule has 1 aromatic carbocycles. The molecule has 0 amide bonds. The van der Waals surface area contributed by atoms with Gasteiger partial charge in [-0.15, -0.1) is 0 Å². The molecule has 2 aromatic heterocycles. The van der Waals surface area contributed by atoms with E-state index in [9.17, 15) is 18.0 Å². The van der Waals surface area contributed by atoms with Gasteiger partial charge in [0.05, 0.1) is 10.6 Å². The summed E-state index contributed by atoms with van der Waals surface area (Å²) >= 11 is 0. The van der Waals surface area contributed by atoms with Crippen LogP contribution in [0.5, 0.6) is 0 Å².